The van der Waals surface area contributed by atoms with E-state index < -0.39 is 0 Å². The maximum absolute atomic E-state index is 9.02. The zero-order valence-electron chi connectivity index (χ0n) is 11.0. The van der Waals surface area contributed by atoms with Gasteiger partial charge in [-0.05, 0) is 43.2 Å². The molecule has 0 saturated carbocycles. The number of thioether (sulfide) groups is 1. The molecule has 0 spiro atoms. The monoisotopic (exact) mass is 253 g/mol. The van der Waals surface area contributed by atoms with E-state index in [2.05, 4.69) is 43.6 Å². The molecule has 0 aliphatic heterocycles. The molecule has 0 aliphatic rings. The maximum Gasteiger partial charge on any atom is 0.0446 e. The fourth-order valence-electron chi connectivity index (χ4n) is 1.98. The first kappa shape index (κ1) is 14.6. The Labute approximate surface area is 109 Å². The van der Waals surface area contributed by atoms with Gasteiger partial charge in [-0.2, -0.15) is 11.8 Å². The van der Waals surface area contributed by atoms with Crippen LogP contribution in [0, 0.1) is 13.8 Å². The number of hydrogen-bond donors (Lipinski definition) is 2. The highest BCUT2D eigenvalue weighted by Gasteiger charge is 2.08. The number of nitrogens with one attached hydrogen (secondary N) is 1. The van der Waals surface area contributed by atoms with Crippen molar-refractivity contribution in [2.45, 2.75) is 32.9 Å². The van der Waals surface area contributed by atoms with Crippen molar-refractivity contribution < 1.29 is 5.11 Å². The molecule has 1 rings (SSSR count). The SMILES string of the molecule is CSCC(CCO)NCc1c(C)cccc1C. The molecule has 17 heavy (non-hydrogen) atoms. The Kier molecular flexibility index (Phi) is 6.63. The number of hydrogen-bond acceptors (Lipinski definition) is 3. The van der Waals surface area contributed by atoms with E-state index in [4.69, 9.17) is 5.11 Å². The van der Waals surface area contributed by atoms with Gasteiger partial charge in [-0.1, -0.05) is 18.2 Å². The van der Waals surface area contributed by atoms with Crippen LogP contribution in [-0.2, 0) is 6.54 Å². The Balaban J connectivity index is 2.58. The van der Waals surface area contributed by atoms with Gasteiger partial charge in [0.1, 0.15) is 0 Å². The summed E-state index contributed by atoms with van der Waals surface area (Å²) in [7, 11) is 0. The zero-order valence-corrected chi connectivity index (χ0v) is 11.8. The third-order valence-corrected chi connectivity index (χ3v) is 3.79. The van der Waals surface area contributed by atoms with Gasteiger partial charge in [0.05, 0.1) is 0 Å². The van der Waals surface area contributed by atoms with Gasteiger partial charge in [-0.25, -0.2) is 0 Å². The first-order valence-corrected chi connectivity index (χ1v) is 7.46. The highest BCUT2D eigenvalue weighted by atomic mass is 32.2. The molecule has 2 N–H and O–H groups in total. The minimum absolute atomic E-state index is 0.255. The lowest BCUT2D eigenvalue weighted by Crippen LogP contribution is -2.32. The van der Waals surface area contributed by atoms with E-state index >= 15 is 0 Å². The molecule has 3 heteroatoms. The van der Waals surface area contributed by atoms with Crippen molar-refractivity contribution in [1.82, 2.24) is 5.32 Å². The van der Waals surface area contributed by atoms with Gasteiger partial charge in [-0.3, -0.25) is 0 Å². The first-order chi connectivity index (χ1) is 8.19. The normalized spacial score (nSPS) is 12.7. The molecule has 1 atom stereocenters. The molecule has 0 radical (unpaired) electrons. The maximum atomic E-state index is 9.02. The summed E-state index contributed by atoms with van der Waals surface area (Å²) in [6.07, 6.45) is 2.93. The Morgan fingerprint density at radius 2 is 1.94 bits per heavy atom. The van der Waals surface area contributed by atoms with E-state index in [-0.39, 0.29) is 6.61 Å². The predicted octanol–water partition coefficient (Wildman–Crippen LogP) is 2.51. The minimum atomic E-state index is 0.255. The average molecular weight is 253 g/mol. The van der Waals surface area contributed by atoms with Crippen molar-refractivity contribution in [3.63, 3.8) is 0 Å². The second kappa shape index (κ2) is 7.75. The summed E-state index contributed by atoms with van der Waals surface area (Å²) in [4.78, 5) is 0. The van der Waals surface area contributed by atoms with Crippen LogP contribution in [0.5, 0.6) is 0 Å². The second-order valence-electron chi connectivity index (χ2n) is 4.42. The summed E-state index contributed by atoms with van der Waals surface area (Å²) in [5, 5.41) is 12.6. The number of aryl methyl sites for hydroxylation is 2. The molecule has 0 aromatic heterocycles. The highest BCUT2D eigenvalue weighted by Crippen LogP contribution is 2.13. The van der Waals surface area contributed by atoms with E-state index in [0.29, 0.717) is 6.04 Å². The fourth-order valence-corrected chi connectivity index (χ4v) is 2.66. The van der Waals surface area contributed by atoms with Crippen LogP contribution in [0.4, 0.5) is 0 Å². The number of rotatable bonds is 7. The van der Waals surface area contributed by atoms with Gasteiger partial charge < -0.3 is 10.4 Å². The second-order valence-corrected chi connectivity index (χ2v) is 5.33. The summed E-state index contributed by atoms with van der Waals surface area (Å²) in [6, 6.07) is 6.80. The predicted molar refractivity (Wildman–Crippen MR) is 76.6 cm³/mol. The molecular formula is C14H23NOS. The van der Waals surface area contributed by atoms with E-state index in [1.165, 1.54) is 16.7 Å². The first-order valence-electron chi connectivity index (χ1n) is 6.07. The molecule has 0 fully saturated rings. The van der Waals surface area contributed by atoms with E-state index in [9.17, 15) is 0 Å². The molecule has 1 unspecified atom stereocenters. The van der Waals surface area contributed by atoms with E-state index in [1.54, 1.807) is 0 Å². The van der Waals surface area contributed by atoms with Gasteiger partial charge in [0.25, 0.3) is 0 Å². The molecule has 0 bridgehead atoms. The standard InChI is InChI=1S/C14H23NOS/c1-11-5-4-6-12(2)14(11)9-15-13(7-8-16)10-17-3/h4-6,13,15-16H,7-10H2,1-3H3. The van der Waals surface area contributed by atoms with Crippen LogP contribution < -0.4 is 5.32 Å². The summed E-state index contributed by atoms with van der Waals surface area (Å²) in [6.45, 7) is 5.45. The molecule has 0 aliphatic carbocycles. The average Bonchev–Trinajstić information content (AvgIpc) is 2.29. The summed E-state index contributed by atoms with van der Waals surface area (Å²) in [5.74, 6) is 1.05. The van der Waals surface area contributed by atoms with Gasteiger partial charge in [0.15, 0.2) is 0 Å². The molecule has 2 nitrogen and oxygen atoms in total. The Morgan fingerprint density at radius 3 is 2.47 bits per heavy atom. The lowest BCUT2D eigenvalue weighted by molar-refractivity contribution is 0.269. The quantitative estimate of drug-likeness (QED) is 0.783. The van der Waals surface area contributed by atoms with Gasteiger partial charge in [0, 0.05) is 24.9 Å². The lowest BCUT2D eigenvalue weighted by Gasteiger charge is -2.18. The smallest absolute Gasteiger partial charge is 0.0446 e. The molecule has 96 valence electrons. The van der Waals surface area contributed by atoms with Crippen molar-refractivity contribution in [2.75, 3.05) is 18.6 Å². The third kappa shape index (κ3) is 4.70. The van der Waals surface area contributed by atoms with Crippen molar-refractivity contribution in [2.24, 2.45) is 0 Å². The third-order valence-electron chi connectivity index (χ3n) is 3.06. The zero-order chi connectivity index (χ0) is 12.7. The van der Waals surface area contributed by atoms with Gasteiger partial charge in [0.2, 0.25) is 0 Å². The van der Waals surface area contributed by atoms with Crippen molar-refractivity contribution in [3.8, 4) is 0 Å². The van der Waals surface area contributed by atoms with Crippen LogP contribution in [0.1, 0.15) is 23.1 Å². The Morgan fingerprint density at radius 1 is 1.29 bits per heavy atom. The van der Waals surface area contributed by atoms with Gasteiger partial charge in [-0.15, -0.1) is 0 Å². The molecule has 0 heterocycles. The van der Waals surface area contributed by atoms with Crippen molar-refractivity contribution >= 4 is 11.8 Å². The molecule has 0 saturated heterocycles. The van der Waals surface area contributed by atoms with Crippen LogP contribution in [0.2, 0.25) is 0 Å². The molecule has 0 amide bonds. The van der Waals surface area contributed by atoms with Crippen LogP contribution in [0.25, 0.3) is 0 Å². The number of benzene rings is 1. The largest absolute Gasteiger partial charge is 0.396 e. The van der Waals surface area contributed by atoms with Crippen LogP contribution in [0.3, 0.4) is 0 Å². The van der Waals surface area contributed by atoms with E-state index in [1.807, 2.05) is 11.8 Å². The Bertz CT molecular complexity index is 315. The van der Waals surface area contributed by atoms with Gasteiger partial charge >= 0.3 is 0 Å². The number of aliphatic hydroxyl groups excluding tert-OH is 1. The van der Waals surface area contributed by atoms with Crippen LogP contribution >= 0.6 is 11.8 Å². The molecule has 1 aromatic rings. The van der Waals surface area contributed by atoms with E-state index in [0.717, 1.165) is 18.7 Å². The molecule has 1 aromatic carbocycles. The van der Waals surface area contributed by atoms with Crippen LogP contribution in [-0.4, -0.2) is 29.8 Å². The number of aliphatic hydroxyl groups is 1. The van der Waals surface area contributed by atoms with Crippen molar-refractivity contribution in [3.05, 3.63) is 34.9 Å². The summed E-state index contributed by atoms with van der Waals surface area (Å²) in [5.41, 5.74) is 4.06. The minimum Gasteiger partial charge on any atom is -0.396 e. The topological polar surface area (TPSA) is 32.3 Å². The summed E-state index contributed by atoms with van der Waals surface area (Å²) >= 11 is 1.82. The lowest BCUT2D eigenvalue weighted by atomic mass is 10.0. The highest BCUT2D eigenvalue weighted by molar-refractivity contribution is 7.98. The van der Waals surface area contributed by atoms with Crippen molar-refractivity contribution in [1.29, 1.82) is 0 Å². The Hall–Kier alpha value is -0.510. The fraction of sp³-hybridized carbons (Fsp3) is 0.571. The van der Waals surface area contributed by atoms with Crippen LogP contribution in [0.15, 0.2) is 18.2 Å². The molecular weight excluding hydrogens is 230 g/mol. The summed E-state index contributed by atoms with van der Waals surface area (Å²) < 4.78 is 0.